The fourth-order valence-corrected chi connectivity index (χ4v) is 1.52. The van der Waals surface area contributed by atoms with Gasteiger partial charge < -0.3 is 11.1 Å². The van der Waals surface area contributed by atoms with Gasteiger partial charge in [0.15, 0.2) is 0 Å². The standard InChI is InChI=1S/C12H19ClN2/c1-8(2)4-5-15-12-6-9(3)10(13)7-11(12)14/h6-8,15H,4-5,14H2,1-3H3. The second-order valence-corrected chi connectivity index (χ2v) is 4.71. The molecular formula is C12H19ClN2. The first-order valence-electron chi connectivity index (χ1n) is 5.30. The van der Waals surface area contributed by atoms with Gasteiger partial charge in [0.1, 0.15) is 0 Å². The van der Waals surface area contributed by atoms with Crippen molar-refractivity contribution < 1.29 is 0 Å². The van der Waals surface area contributed by atoms with Crippen molar-refractivity contribution in [1.82, 2.24) is 0 Å². The summed E-state index contributed by atoms with van der Waals surface area (Å²) in [6.45, 7) is 7.34. The molecule has 0 spiro atoms. The van der Waals surface area contributed by atoms with E-state index in [2.05, 4.69) is 19.2 Å². The van der Waals surface area contributed by atoms with Crippen LogP contribution in [0.1, 0.15) is 25.8 Å². The van der Waals surface area contributed by atoms with E-state index >= 15 is 0 Å². The van der Waals surface area contributed by atoms with E-state index < -0.39 is 0 Å². The normalized spacial score (nSPS) is 10.7. The Bertz CT molecular complexity index is 335. The van der Waals surface area contributed by atoms with E-state index in [1.165, 1.54) is 0 Å². The molecule has 0 aliphatic carbocycles. The van der Waals surface area contributed by atoms with Gasteiger partial charge in [0.05, 0.1) is 11.4 Å². The Kier molecular flexibility index (Phi) is 4.28. The minimum absolute atomic E-state index is 0.701. The summed E-state index contributed by atoms with van der Waals surface area (Å²) in [5.74, 6) is 0.701. The second-order valence-electron chi connectivity index (χ2n) is 4.30. The molecule has 15 heavy (non-hydrogen) atoms. The minimum Gasteiger partial charge on any atom is -0.397 e. The molecule has 1 aromatic rings. The molecule has 0 aliphatic heterocycles. The van der Waals surface area contributed by atoms with Crippen molar-refractivity contribution in [3.8, 4) is 0 Å². The Hall–Kier alpha value is -0.890. The summed E-state index contributed by atoms with van der Waals surface area (Å²) >= 11 is 5.96. The summed E-state index contributed by atoms with van der Waals surface area (Å²) in [4.78, 5) is 0. The molecule has 2 nitrogen and oxygen atoms in total. The smallest absolute Gasteiger partial charge is 0.0577 e. The number of hydrogen-bond donors (Lipinski definition) is 2. The Balaban J connectivity index is 2.65. The van der Waals surface area contributed by atoms with Crippen molar-refractivity contribution >= 4 is 23.0 Å². The molecule has 1 aromatic carbocycles. The summed E-state index contributed by atoms with van der Waals surface area (Å²) < 4.78 is 0. The Morgan fingerprint density at radius 3 is 2.67 bits per heavy atom. The number of hydrogen-bond acceptors (Lipinski definition) is 2. The first kappa shape index (κ1) is 12.2. The first-order valence-corrected chi connectivity index (χ1v) is 5.68. The molecule has 0 saturated heterocycles. The number of benzene rings is 1. The molecular weight excluding hydrogens is 208 g/mol. The molecule has 0 aliphatic rings. The van der Waals surface area contributed by atoms with Crippen LogP contribution < -0.4 is 11.1 Å². The van der Waals surface area contributed by atoms with Crippen LogP contribution in [0.4, 0.5) is 11.4 Å². The van der Waals surface area contributed by atoms with Crippen molar-refractivity contribution in [2.75, 3.05) is 17.6 Å². The van der Waals surface area contributed by atoms with Crippen LogP contribution in [0, 0.1) is 12.8 Å². The average molecular weight is 227 g/mol. The zero-order valence-corrected chi connectivity index (χ0v) is 10.4. The lowest BCUT2D eigenvalue weighted by Gasteiger charge is -2.12. The van der Waals surface area contributed by atoms with Crippen molar-refractivity contribution in [2.24, 2.45) is 5.92 Å². The predicted molar refractivity (Wildman–Crippen MR) is 68.5 cm³/mol. The van der Waals surface area contributed by atoms with E-state index in [-0.39, 0.29) is 0 Å². The second kappa shape index (κ2) is 5.26. The predicted octanol–water partition coefficient (Wildman–Crippen LogP) is 3.69. The van der Waals surface area contributed by atoms with Gasteiger partial charge in [0, 0.05) is 11.6 Å². The van der Waals surface area contributed by atoms with E-state index in [0.717, 1.165) is 29.2 Å². The molecule has 0 aromatic heterocycles. The molecule has 1 rings (SSSR count). The third-order valence-electron chi connectivity index (χ3n) is 2.37. The van der Waals surface area contributed by atoms with Gasteiger partial charge in [-0.1, -0.05) is 25.4 Å². The lowest BCUT2D eigenvalue weighted by Crippen LogP contribution is -2.07. The molecule has 84 valence electrons. The Morgan fingerprint density at radius 1 is 1.40 bits per heavy atom. The lowest BCUT2D eigenvalue weighted by molar-refractivity contribution is 0.607. The maximum absolute atomic E-state index is 5.96. The highest BCUT2D eigenvalue weighted by molar-refractivity contribution is 6.31. The van der Waals surface area contributed by atoms with Crippen molar-refractivity contribution in [2.45, 2.75) is 27.2 Å². The van der Waals surface area contributed by atoms with Crippen LogP contribution in [0.15, 0.2) is 12.1 Å². The van der Waals surface area contributed by atoms with E-state index in [1.54, 1.807) is 6.07 Å². The summed E-state index contributed by atoms with van der Waals surface area (Å²) in [5.41, 5.74) is 8.61. The maximum Gasteiger partial charge on any atom is 0.0577 e. The van der Waals surface area contributed by atoms with Gasteiger partial charge in [-0.2, -0.15) is 0 Å². The third-order valence-corrected chi connectivity index (χ3v) is 2.78. The highest BCUT2D eigenvalue weighted by Crippen LogP contribution is 2.26. The van der Waals surface area contributed by atoms with Crippen LogP contribution in [0.3, 0.4) is 0 Å². The molecule has 3 heteroatoms. The molecule has 0 atom stereocenters. The lowest BCUT2D eigenvalue weighted by atomic mass is 10.1. The van der Waals surface area contributed by atoms with Gasteiger partial charge in [-0.25, -0.2) is 0 Å². The topological polar surface area (TPSA) is 38.0 Å². The highest BCUT2D eigenvalue weighted by Gasteiger charge is 2.03. The molecule has 0 unspecified atom stereocenters. The monoisotopic (exact) mass is 226 g/mol. The number of halogens is 1. The summed E-state index contributed by atoms with van der Waals surface area (Å²) in [6, 6.07) is 3.80. The Morgan fingerprint density at radius 2 is 2.07 bits per heavy atom. The van der Waals surface area contributed by atoms with Crippen molar-refractivity contribution in [1.29, 1.82) is 0 Å². The summed E-state index contributed by atoms with van der Waals surface area (Å²) in [5, 5.41) is 4.05. The molecule has 0 amide bonds. The minimum atomic E-state index is 0.701. The number of anilines is 2. The zero-order chi connectivity index (χ0) is 11.4. The van der Waals surface area contributed by atoms with Crippen LogP contribution in [-0.2, 0) is 0 Å². The van der Waals surface area contributed by atoms with E-state index in [0.29, 0.717) is 11.6 Å². The van der Waals surface area contributed by atoms with Gasteiger partial charge in [-0.15, -0.1) is 0 Å². The molecule has 0 heterocycles. The van der Waals surface area contributed by atoms with Gasteiger partial charge in [0.25, 0.3) is 0 Å². The quantitative estimate of drug-likeness (QED) is 0.769. The van der Waals surface area contributed by atoms with E-state index in [9.17, 15) is 0 Å². The summed E-state index contributed by atoms with van der Waals surface area (Å²) in [6.07, 6.45) is 1.14. The third kappa shape index (κ3) is 3.63. The maximum atomic E-state index is 5.96. The fraction of sp³-hybridized carbons (Fsp3) is 0.500. The molecule has 0 fully saturated rings. The van der Waals surface area contributed by atoms with Gasteiger partial charge in [-0.05, 0) is 37.0 Å². The highest BCUT2D eigenvalue weighted by atomic mass is 35.5. The number of aryl methyl sites for hydroxylation is 1. The van der Waals surface area contributed by atoms with Crippen LogP contribution in [0.5, 0.6) is 0 Å². The number of nitrogens with two attached hydrogens (primary N) is 1. The molecule has 3 N–H and O–H groups in total. The van der Waals surface area contributed by atoms with Crippen LogP contribution in [-0.4, -0.2) is 6.54 Å². The number of nitrogen functional groups attached to an aromatic ring is 1. The average Bonchev–Trinajstić information content (AvgIpc) is 2.13. The largest absolute Gasteiger partial charge is 0.397 e. The van der Waals surface area contributed by atoms with Crippen molar-refractivity contribution in [3.63, 3.8) is 0 Å². The fourth-order valence-electron chi connectivity index (χ4n) is 1.35. The van der Waals surface area contributed by atoms with Crippen LogP contribution in [0.25, 0.3) is 0 Å². The van der Waals surface area contributed by atoms with Crippen molar-refractivity contribution in [3.05, 3.63) is 22.7 Å². The SMILES string of the molecule is Cc1cc(NCCC(C)C)c(N)cc1Cl. The van der Waals surface area contributed by atoms with Gasteiger partial charge >= 0.3 is 0 Å². The van der Waals surface area contributed by atoms with Gasteiger partial charge in [-0.3, -0.25) is 0 Å². The molecule has 0 radical (unpaired) electrons. The molecule has 0 saturated carbocycles. The number of rotatable bonds is 4. The number of nitrogens with one attached hydrogen (secondary N) is 1. The first-order chi connectivity index (χ1) is 7.00. The zero-order valence-electron chi connectivity index (χ0n) is 9.60. The van der Waals surface area contributed by atoms with Gasteiger partial charge in [0.2, 0.25) is 0 Å². The van der Waals surface area contributed by atoms with E-state index in [1.807, 2.05) is 13.0 Å². The molecule has 0 bridgehead atoms. The Labute approximate surface area is 96.8 Å². The van der Waals surface area contributed by atoms with E-state index in [4.69, 9.17) is 17.3 Å². The van der Waals surface area contributed by atoms with Crippen LogP contribution in [0.2, 0.25) is 5.02 Å². The summed E-state index contributed by atoms with van der Waals surface area (Å²) in [7, 11) is 0. The van der Waals surface area contributed by atoms with Crippen LogP contribution >= 0.6 is 11.6 Å².